The molecular weight excluding hydrogens is 229 g/mol. The number of hydrogen-bond donors (Lipinski definition) is 0. The minimum Gasteiger partial charge on any atom is -0.870 e. The van der Waals surface area contributed by atoms with E-state index in [-0.39, 0.29) is 27.7 Å². The molecule has 0 saturated heterocycles. The Morgan fingerprint density at radius 2 is 1.00 bits per heavy atom. The Kier molecular flexibility index (Phi) is 327. The predicted molar refractivity (Wildman–Crippen MR) is 9.63 cm³/mol. The topological polar surface area (TPSA) is 60.0 Å². The first-order valence-corrected chi connectivity index (χ1v) is 2.92. The van der Waals surface area contributed by atoms with E-state index in [2.05, 4.69) is 27.1 Å². The summed E-state index contributed by atoms with van der Waals surface area (Å²) in [5.41, 5.74) is 0. The maximum absolute atomic E-state index is 3.44. The SMILES string of the molecule is [Co+2].[Co]=[Se].[OH-].[OH-]. The molecule has 0 atom stereocenters. The Balaban J connectivity index is -0.00000000167. The molecule has 2 nitrogen and oxygen atoms in total. The normalized spacial score (nSPS) is 1.00. The molecule has 0 aromatic carbocycles. The van der Waals surface area contributed by atoms with Crippen LogP contribution in [-0.2, 0) is 30.2 Å². The van der Waals surface area contributed by atoms with Crippen LogP contribution in [0.5, 0.6) is 0 Å². The molecule has 0 rings (SSSR count). The Labute approximate surface area is 54.8 Å². The van der Waals surface area contributed by atoms with Crippen LogP contribution in [0.1, 0.15) is 0 Å². The third-order valence-corrected chi connectivity index (χ3v) is 0. The van der Waals surface area contributed by atoms with Gasteiger partial charge in [-0.15, -0.1) is 0 Å². The van der Waals surface area contributed by atoms with E-state index in [0.29, 0.717) is 0 Å². The smallest absolute Gasteiger partial charge is 0.870 e. The van der Waals surface area contributed by atoms with Gasteiger partial charge in [0.25, 0.3) is 0 Å². The van der Waals surface area contributed by atoms with Crippen LogP contribution in [0.2, 0.25) is 0 Å². The Morgan fingerprint density at radius 3 is 1.00 bits per heavy atom. The number of rotatable bonds is 0. The molecule has 0 fully saturated rings. The van der Waals surface area contributed by atoms with Crippen molar-refractivity contribution in [1.82, 2.24) is 0 Å². The molecule has 0 aromatic rings. The Bertz CT molecular complexity index is 7.61. The first-order chi connectivity index (χ1) is 1.00. The molecule has 0 aliphatic heterocycles. The van der Waals surface area contributed by atoms with E-state index >= 15 is 0 Å². The molecular formula is H2Co2O2Se. The number of hydrogen-bond acceptors (Lipinski definition) is 2. The van der Waals surface area contributed by atoms with Gasteiger partial charge < -0.3 is 11.0 Å². The first-order valence-electron chi connectivity index (χ1n) is 0.136. The van der Waals surface area contributed by atoms with Crippen molar-refractivity contribution in [3.05, 3.63) is 0 Å². The van der Waals surface area contributed by atoms with Gasteiger partial charge in [0.05, 0.1) is 0 Å². The average molecular weight is 231 g/mol. The maximum atomic E-state index is 3.44. The average Bonchev–Trinajstić information content (AvgIpc) is 1.00. The molecule has 0 aliphatic rings. The molecule has 0 unspecified atom stereocenters. The van der Waals surface area contributed by atoms with Crippen LogP contribution in [0, 0.1) is 0 Å². The predicted octanol–water partition coefficient (Wildman–Crippen LogP) is -0.739. The van der Waals surface area contributed by atoms with Crippen LogP contribution in [0.3, 0.4) is 0 Å². The molecule has 0 saturated carbocycles. The molecule has 0 aliphatic carbocycles. The van der Waals surface area contributed by atoms with Crippen LogP contribution >= 0.6 is 0 Å². The van der Waals surface area contributed by atoms with Crippen molar-refractivity contribution >= 4 is 13.7 Å². The molecule has 5 heavy (non-hydrogen) atoms. The fraction of sp³-hybridized carbons (Fsp3) is 0. The molecule has 1 radical (unpaired) electrons. The summed E-state index contributed by atoms with van der Waals surface area (Å²) < 4.78 is 0. The zero-order valence-electron chi connectivity index (χ0n) is 1.97. The van der Waals surface area contributed by atoms with E-state index in [1.54, 1.807) is 0 Å². The second-order valence-electron chi connectivity index (χ2n) is 0. The van der Waals surface area contributed by atoms with Gasteiger partial charge in [-0.25, -0.2) is 0 Å². The molecule has 0 heterocycles. The van der Waals surface area contributed by atoms with Crippen LogP contribution < -0.4 is 0 Å². The van der Waals surface area contributed by atoms with Crippen molar-refractivity contribution in [2.75, 3.05) is 0 Å². The Hall–Kier alpha value is 1.45. The minimum atomic E-state index is 0. The van der Waals surface area contributed by atoms with Crippen LogP contribution in [0.15, 0.2) is 0 Å². The second-order valence-corrected chi connectivity index (χ2v) is 0. The van der Waals surface area contributed by atoms with Crippen LogP contribution in [0.4, 0.5) is 0 Å². The van der Waals surface area contributed by atoms with Crippen molar-refractivity contribution in [3.63, 3.8) is 0 Å². The largest absolute Gasteiger partial charge is 0.870 e. The van der Waals surface area contributed by atoms with Gasteiger partial charge in [0.2, 0.25) is 0 Å². The Morgan fingerprint density at radius 1 is 1.00 bits per heavy atom. The van der Waals surface area contributed by atoms with Gasteiger partial charge in [-0.2, -0.15) is 0 Å². The molecule has 0 bridgehead atoms. The standard InChI is InChI=1S/2Co.2H2O.Se/h;;2*1H2;/q;+2;;;/p-2. The van der Waals surface area contributed by atoms with E-state index in [1.807, 2.05) is 0 Å². The van der Waals surface area contributed by atoms with Crippen LogP contribution in [0.25, 0.3) is 0 Å². The van der Waals surface area contributed by atoms with Crippen molar-refractivity contribution in [2.24, 2.45) is 0 Å². The molecule has 0 spiro atoms. The summed E-state index contributed by atoms with van der Waals surface area (Å²) in [4.78, 5) is 0. The maximum Gasteiger partial charge on any atom is -0.870 e. The molecule has 38 valence electrons. The third-order valence-electron chi connectivity index (χ3n) is 0. The molecule has 0 aromatic heterocycles. The second kappa shape index (κ2) is 51.2. The van der Waals surface area contributed by atoms with E-state index in [4.69, 9.17) is 0 Å². The van der Waals surface area contributed by atoms with Crippen molar-refractivity contribution in [3.8, 4) is 0 Å². The van der Waals surface area contributed by atoms with Crippen molar-refractivity contribution < 1.29 is 41.1 Å². The van der Waals surface area contributed by atoms with Gasteiger partial charge >= 0.3 is 43.9 Å². The zero-order chi connectivity index (χ0) is 2.00. The quantitative estimate of drug-likeness (QED) is 0.515. The van der Waals surface area contributed by atoms with E-state index in [9.17, 15) is 0 Å². The summed E-state index contributed by atoms with van der Waals surface area (Å²) in [5, 5.41) is 0. The van der Waals surface area contributed by atoms with Crippen molar-refractivity contribution in [2.45, 2.75) is 0 Å². The summed E-state index contributed by atoms with van der Waals surface area (Å²) >= 11 is 5.75. The van der Waals surface area contributed by atoms with E-state index in [1.165, 1.54) is 0 Å². The van der Waals surface area contributed by atoms with Crippen molar-refractivity contribution in [1.29, 1.82) is 0 Å². The monoisotopic (exact) mass is 232 g/mol. The summed E-state index contributed by atoms with van der Waals surface area (Å²) in [5.74, 6) is 0. The summed E-state index contributed by atoms with van der Waals surface area (Å²) in [6.45, 7) is 0. The van der Waals surface area contributed by atoms with E-state index in [0.717, 1.165) is 0 Å². The van der Waals surface area contributed by atoms with Gasteiger partial charge in [-0.1, -0.05) is 0 Å². The fourth-order valence-electron chi connectivity index (χ4n) is 0. The zero-order valence-corrected chi connectivity index (χ0v) is 5.76. The third kappa shape index (κ3) is 30.8. The van der Waals surface area contributed by atoms with Crippen LogP contribution in [-0.4, -0.2) is 24.7 Å². The van der Waals surface area contributed by atoms with Gasteiger partial charge in [0.15, 0.2) is 0 Å². The van der Waals surface area contributed by atoms with E-state index < -0.39 is 0 Å². The van der Waals surface area contributed by atoms with Gasteiger partial charge in [0, 0.05) is 0 Å². The van der Waals surface area contributed by atoms with Gasteiger partial charge in [0.1, 0.15) is 0 Å². The molecule has 5 heteroatoms. The summed E-state index contributed by atoms with van der Waals surface area (Å²) in [6.07, 6.45) is 0. The summed E-state index contributed by atoms with van der Waals surface area (Å²) in [6, 6.07) is 0. The molecule has 0 amide bonds. The van der Waals surface area contributed by atoms with Gasteiger partial charge in [-0.3, -0.25) is 0 Å². The first kappa shape index (κ1) is 31.9. The minimum absolute atomic E-state index is 0. The van der Waals surface area contributed by atoms with Gasteiger partial charge in [-0.05, 0) is 0 Å². The summed E-state index contributed by atoms with van der Waals surface area (Å²) in [7, 11) is 0. The fourth-order valence-corrected chi connectivity index (χ4v) is 0. The molecule has 2 N–H and O–H groups in total.